The Kier molecular flexibility index (Phi) is 3.26. The van der Waals surface area contributed by atoms with Crippen LogP contribution in [-0.4, -0.2) is 5.54 Å². The van der Waals surface area contributed by atoms with Crippen LogP contribution in [-0.2, 0) is 5.75 Å². The van der Waals surface area contributed by atoms with Gasteiger partial charge in [0.1, 0.15) is 0 Å². The largest absolute Gasteiger partial charge is 0.380 e. The lowest BCUT2D eigenvalue weighted by molar-refractivity contribution is 0.633. The lowest BCUT2D eigenvalue weighted by atomic mass is 10.1. The average molecular weight is 195 g/mol. The highest BCUT2D eigenvalue weighted by Crippen LogP contribution is 2.20. The first-order valence-electron chi connectivity index (χ1n) is 4.50. The molecule has 0 aromatic heterocycles. The molecule has 13 heavy (non-hydrogen) atoms. The van der Waals surface area contributed by atoms with Gasteiger partial charge in [-0.3, -0.25) is 0 Å². The zero-order chi connectivity index (χ0) is 9.90. The van der Waals surface area contributed by atoms with Gasteiger partial charge < -0.3 is 5.32 Å². The number of anilines is 1. The van der Waals surface area contributed by atoms with Crippen LogP contribution >= 0.6 is 12.6 Å². The Hall–Kier alpha value is -0.630. The highest BCUT2D eigenvalue weighted by Gasteiger charge is 2.10. The van der Waals surface area contributed by atoms with Crippen molar-refractivity contribution in [2.24, 2.45) is 0 Å². The highest BCUT2D eigenvalue weighted by molar-refractivity contribution is 7.79. The molecule has 1 N–H and O–H groups in total. The molecule has 0 aliphatic carbocycles. The van der Waals surface area contributed by atoms with Gasteiger partial charge in [-0.2, -0.15) is 12.6 Å². The van der Waals surface area contributed by atoms with Crippen molar-refractivity contribution in [2.45, 2.75) is 32.1 Å². The Morgan fingerprint density at radius 3 is 2.38 bits per heavy atom. The molecule has 0 aliphatic rings. The summed E-state index contributed by atoms with van der Waals surface area (Å²) < 4.78 is 0. The first kappa shape index (κ1) is 10.5. The smallest absolute Gasteiger partial charge is 0.0385 e. The van der Waals surface area contributed by atoms with E-state index < -0.39 is 0 Å². The summed E-state index contributed by atoms with van der Waals surface area (Å²) >= 11 is 4.29. The van der Waals surface area contributed by atoms with Gasteiger partial charge in [-0.15, -0.1) is 0 Å². The third-order valence-electron chi connectivity index (χ3n) is 1.70. The molecular formula is C11H17NS. The quantitative estimate of drug-likeness (QED) is 0.690. The number of hydrogen-bond donors (Lipinski definition) is 2. The Morgan fingerprint density at radius 1 is 1.23 bits per heavy atom. The summed E-state index contributed by atoms with van der Waals surface area (Å²) in [7, 11) is 0. The number of para-hydroxylation sites is 1. The van der Waals surface area contributed by atoms with Crippen LogP contribution in [0.2, 0.25) is 0 Å². The normalized spacial score (nSPS) is 11.4. The van der Waals surface area contributed by atoms with E-state index in [4.69, 9.17) is 0 Å². The van der Waals surface area contributed by atoms with Gasteiger partial charge >= 0.3 is 0 Å². The number of thiol groups is 1. The Bertz CT molecular complexity index is 276. The molecule has 1 rings (SSSR count). The summed E-state index contributed by atoms with van der Waals surface area (Å²) in [5.74, 6) is 0.777. The summed E-state index contributed by atoms with van der Waals surface area (Å²) in [5.41, 5.74) is 2.55. The molecule has 0 fully saturated rings. The van der Waals surface area contributed by atoms with Crippen LogP contribution in [0.4, 0.5) is 5.69 Å². The molecule has 72 valence electrons. The SMILES string of the molecule is CC(C)(C)Nc1ccccc1CS. The lowest BCUT2D eigenvalue weighted by Gasteiger charge is -2.23. The summed E-state index contributed by atoms with van der Waals surface area (Å²) in [6, 6.07) is 8.28. The van der Waals surface area contributed by atoms with Crippen molar-refractivity contribution >= 4 is 18.3 Å². The van der Waals surface area contributed by atoms with E-state index >= 15 is 0 Å². The maximum Gasteiger partial charge on any atom is 0.0385 e. The highest BCUT2D eigenvalue weighted by atomic mass is 32.1. The van der Waals surface area contributed by atoms with Gasteiger partial charge in [-0.25, -0.2) is 0 Å². The predicted molar refractivity (Wildman–Crippen MR) is 62.5 cm³/mol. The van der Waals surface area contributed by atoms with E-state index in [1.54, 1.807) is 0 Å². The minimum atomic E-state index is 0.110. The van der Waals surface area contributed by atoms with Crippen molar-refractivity contribution < 1.29 is 0 Å². The summed E-state index contributed by atoms with van der Waals surface area (Å²) in [5, 5.41) is 3.45. The molecule has 0 radical (unpaired) electrons. The molecule has 0 aliphatic heterocycles. The van der Waals surface area contributed by atoms with Crippen molar-refractivity contribution in [3.05, 3.63) is 29.8 Å². The molecule has 0 unspecified atom stereocenters. The van der Waals surface area contributed by atoms with Gasteiger partial charge in [0, 0.05) is 17.0 Å². The minimum Gasteiger partial charge on any atom is -0.380 e. The van der Waals surface area contributed by atoms with E-state index in [9.17, 15) is 0 Å². The Labute approximate surface area is 86.0 Å². The topological polar surface area (TPSA) is 12.0 Å². The van der Waals surface area contributed by atoms with E-state index in [1.165, 1.54) is 11.3 Å². The second-order valence-corrected chi connectivity index (χ2v) is 4.51. The molecule has 1 aromatic carbocycles. The fraction of sp³-hybridized carbons (Fsp3) is 0.455. The van der Waals surface area contributed by atoms with Crippen molar-refractivity contribution in [3.63, 3.8) is 0 Å². The fourth-order valence-corrected chi connectivity index (χ4v) is 1.46. The third-order valence-corrected chi connectivity index (χ3v) is 2.04. The molecule has 0 saturated heterocycles. The molecule has 0 bridgehead atoms. The number of benzene rings is 1. The molecule has 0 saturated carbocycles. The van der Waals surface area contributed by atoms with Crippen molar-refractivity contribution in [1.82, 2.24) is 0 Å². The van der Waals surface area contributed by atoms with Crippen LogP contribution in [0.1, 0.15) is 26.3 Å². The number of hydrogen-bond acceptors (Lipinski definition) is 2. The first-order valence-corrected chi connectivity index (χ1v) is 5.13. The van der Waals surface area contributed by atoms with E-state index in [0.29, 0.717) is 0 Å². The number of rotatable bonds is 2. The zero-order valence-corrected chi connectivity index (χ0v) is 9.36. The van der Waals surface area contributed by atoms with Gasteiger partial charge in [0.15, 0.2) is 0 Å². The molecule has 0 heterocycles. The predicted octanol–water partition coefficient (Wildman–Crippen LogP) is 3.33. The second-order valence-electron chi connectivity index (χ2n) is 4.19. The summed E-state index contributed by atoms with van der Waals surface area (Å²) in [6.45, 7) is 6.47. The van der Waals surface area contributed by atoms with Crippen LogP contribution in [0.3, 0.4) is 0 Å². The van der Waals surface area contributed by atoms with E-state index in [1.807, 2.05) is 12.1 Å². The Morgan fingerprint density at radius 2 is 1.85 bits per heavy atom. The number of nitrogens with one attached hydrogen (secondary N) is 1. The monoisotopic (exact) mass is 195 g/mol. The van der Waals surface area contributed by atoms with Crippen LogP contribution in [0.15, 0.2) is 24.3 Å². The maximum atomic E-state index is 4.29. The van der Waals surface area contributed by atoms with E-state index in [2.05, 4.69) is 50.8 Å². The van der Waals surface area contributed by atoms with Crippen molar-refractivity contribution in [1.29, 1.82) is 0 Å². The molecule has 2 heteroatoms. The lowest BCUT2D eigenvalue weighted by Crippen LogP contribution is -2.26. The van der Waals surface area contributed by atoms with E-state index in [0.717, 1.165) is 5.75 Å². The van der Waals surface area contributed by atoms with Crippen LogP contribution in [0.5, 0.6) is 0 Å². The van der Waals surface area contributed by atoms with E-state index in [-0.39, 0.29) is 5.54 Å². The van der Waals surface area contributed by atoms with Crippen LogP contribution in [0, 0.1) is 0 Å². The third kappa shape index (κ3) is 3.31. The molecule has 1 nitrogen and oxygen atoms in total. The summed E-state index contributed by atoms with van der Waals surface area (Å²) in [4.78, 5) is 0. The maximum absolute atomic E-state index is 4.29. The standard InChI is InChI=1S/C11H17NS/c1-11(2,3)12-10-7-5-4-6-9(10)8-13/h4-7,12-13H,8H2,1-3H3. The Balaban J connectivity index is 2.87. The first-order chi connectivity index (χ1) is 6.03. The van der Waals surface area contributed by atoms with Gasteiger partial charge in [0.05, 0.1) is 0 Å². The molecule has 0 amide bonds. The van der Waals surface area contributed by atoms with Gasteiger partial charge in [-0.05, 0) is 32.4 Å². The molecule has 1 aromatic rings. The minimum absolute atomic E-state index is 0.110. The zero-order valence-electron chi connectivity index (χ0n) is 8.46. The van der Waals surface area contributed by atoms with Gasteiger partial charge in [0.2, 0.25) is 0 Å². The molecule has 0 atom stereocenters. The molecule has 0 spiro atoms. The molecular weight excluding hydrogens is 178 g/mol. The van der Waals surface area contributed by atoms with Crippen molar-refractivity contribution in [3.8, 4) is 0 Å². The summed E-state index contributed by atoms with van der Waals surface area (Å²) in [6.07, 6.45) is 0. The average Bonchev–Trinajstić information content (AvgIpc) is 2.02. The van der Waals surface area contributed by atoms with Crippen LogP contribution in [0.25, 0.3) is 0 Å². The van der Waals surface area contributed by atoms with Crippen molar-refractivity contribution in [2.75, 3.05) is 5.32 Å². The second kappa shape index (κ2) is 4.05. The van der Waals surface area contributed by atoms with Crippen LogP contribution < -0.4 is 5.32 Å². The fourth-order valence-electron chi connectivity index (χ4n) is 1.18. The van der Waals surface area contributed by atoms with Gasteiger partial charge in [-0.1, -0.05) is 18.2 Å². The van der Waals surface area contributed by atoms with Gasteiger partial charge in [0.25, 0.3) is 0 Å².